The van der Waals surface area contributed by atoms with Gasteiger partial charge in [-0.1, -0.05) is 42.5 Å². The van der Waals surface area contributed by atoms with Crippen LogP contribution in [0.15, 0.2) is 54.6 Å². The molecule has 1 aliphatic heterocycles. The molecule has 118 valence electrons. The number of amides is 3. The van der Waals surface area contributed by atoms with E-state index in [0.717, 1.165) is 11.1 Å². The maximum Gasteiger partial charge on any atom is 0.322 e. The molecule has 0 aliphatic carbocycles. The van der Waals surface area contributed by atoms with Crippen LogP contribution < -0.4 is 10.6 Å². The smallest absolute Gasteiger partial charge is 0.318 e. The number of carbonyl (C=O) groups is 2. The van der Waals surface area contributed by atoms with Gasteiger partial charge in [0.1, 0.15) is 5.69 Å². The fourth-order valence-corrected chi connectivity index (χ4v) is 2.86. The topological polar surface area (TPSA) is 84.0 Å². The van der Waals surface area contributed by atoms with Crippen molar-refractivity contribution in [2.24, 2.45) is 0 Å². The molecule has 0 spiro atoms. The molecule has 1 aliphatic rings. The van der Waals surface area contributed by atoms with Crippen LogP contribution in [0.2, 0.25) is 0 Å². The highest BCUT2D eigenvalue weighted by Crippen LogP contribution is 2.32. The summed E-state index contributed by atoms with van der Waals surface area (Å²) < 4.78 is 0. The number of benzene rings is 2. The first-order chi connectivity index (χ1) is 11.6. The molecule has 3 amide bonds. The first-order valence-corrected chi connectivity index (χ1v) is 7.54. The van der Waals surface area contributed by atoms with Gasteiger partial charge in [-0.2, -0.15) is 0 Å². The number of rotatable bonds is 2. The van der Waals surface area contributed by atoms with E-state index in [0.29, 0.717) is 16.9 Å². The number of urea groups is 1. The summed E-state index contributed by atoms with van der Waals surface area (Å²) in [7, 11) is 0. The second kappa shape index (κ2) is 5.13. The monoisotopic (exact) mass is 318 g/mol. The third-order valence-electron chi connectivity index (χ3n) is 4.14. The van der Waals surface area contributed by atoms with Crippen molar-refractivity contribution in [3.05, 3.63) is 60.3 Å². The highest BCUT2D eigenvalue weighted by Gasteiger charge is 2.46. The van der Waals surface area contributed by atoms with Crippen LogP contribution in [-0.4, -0.2) is 21.9 Å². The van der Waals surface area contributed by atoms with Crippen LogP contribution in [0, 0.1) is 0 Å². The zero-order valence-corrected chi connectivity index (χ0v) is 12.9. The zero-order chi connectivity index (χ0) is 16.7. The maximum atomic E-state index is 12.4. The predicted molar refractivity (Wildman–Crippen MR) is 89.0 cm³/mol. The highest BCUT2D eigenvalue weighted by atomic mass is 16.2. The van der Waals surface area contributed by atoms with E-state index in [1.165, 1.54) is 0 Å². The van der Waals surface area contributed by atoms with E-state index in [9.17, 15) is 9.59 Å². The zero-order valence-electron chi connectivity index (χ0n) is 12.9. The Hall–Kier alpha value is -3.28. The lowest BCUT2D eigenvalue weighted by Crippen LogP contribution is -2.42. The Bertz CT molecular complexity index is 971. The summed E-state index contributed by atoms with van der Waals surface area (Å²) in [5.41, 5.74) is 1.97. The summed E-state index contributed by atoms with van der Waals surface area (Å²) in [5.74, 6) is -0.436. The lowest BCUT2D eigenvalue weighted by Gasteiger charge is -2.23. The van der Waals surface area contributed by atoms with Crippen molar-refractivity contribution >= 4 is 23.0 Å². The van der Waals surface area contributed by atoms with Crippen molar-refractivity contribution in [1.82, 2.24) is 20.6 Å². The number of carbonyl (C=O) groups excluding carboxylic acids is 2. The number of fused-ring (bicyclic) bond motifs is 1. The van der Waals surface area contributed by atoms with Crippen LogP contribution >= 0.6 is 0 Å². The molecular formula is C18H14N4O2. The second-order valence-electron chi connectivity index (χ2n) is 5.81. The Morgan fingerprint density at radius 2 is 1.50 bits per heavy atom. The van der Waals surface area contributed by atoms with Crippen LogP contribution in [0.5, 0.6) is 0 Å². The third-order valence-corrected chi connectivity index (χ3v) is 4.14. The number of nitrogens with zero attached hydrogens (tertiary/aromatic N) is 2. The van der Waals surface area contributed by atoms with Crippen LogP contribution in [0.4, 0.5) is 4.79 Å². The molecule has 0 saturated carbocycles. The first kappa shape index (κ1) is 14.3. The van der Waals surface area contributed by atoms with Crippen molar-refractivity contribution in [2.45, 2.75) is 12.5 Å². The Kier molecular flexibility index (Phi) is 3.06. The Balaban J connectivity index is 2.03. The number of aromatic nitrogens is 2. The predicted octanol–water partition coefficient (Wildman–Crippen LogP) is 2.35. The van der Waals surface area contributed by atoms with E-state index in [1.807, 2.05) is 54.6 Å². The standard InChI is InChI=1S/C18H14N4O2/c1-18(16(23)21-17(24)22-18)15-14(11-7-3-2-4-8-11)19-12-9-5-6-10-13(12)20-15/h2-10H,1H3,(H2,21,22,23,24). The number of hydrogen-bond acceptors (Lipinski definition) is 4. The van der Waals surface area contributed by atoms with Crippen molar-refractivity contribution < 1.29 is 9.59 Å². The van der Waals surface area contributed by atoms with Crippen molar-refractivity contribution in [1.29, 1.82) is 0 Å². The van der Waals surface area contributed by atoms with Gasteiger partial charge >= 0.3 is 6.03 Å². The molecule has 1 atom stereocenters. The first-order valence-electron chi connectivity index (χ1n) is 7.54. The van der Waals surface area contributed by atoms with Gasteiger partial charge in [0.2, 0.25) is 0 Å². The summed E-state index contributed by atoms with van der Waals surface area (Å²) in [5, 5.41) is 4.94. The van der Waals surface area contributed by atoms with E-state index >= 15 is 0 Å². The number of para-hydroxylation sites is 2. The molecule has 1 aromatic heterocycles. The molecule has 1 fully saturated rings. The van der Waals surface area contributed by atoms with Gasteiger partial charge in [0.25, 0.3) is 5.91 Å². The van der Waals surface area contributed by atoms with E-state index in [-0.39, 0.29) is 0 Å². The van der Waals surface area contributed by atoms with E-state index in [2.05, 4.69) is 15.6 Å². The Morgan fingerprint density at radius 1 is 0.875 bits per heavy atom. The Labute approximate surface area is 137 Å². The largest absolute Gasteiger partial charge is 0.322 e. The third kappa shape index (κ3) is 2.11. The van der Waals surface area contributed by atoms with E-state index in [4.69, 9.17) is 4.98 Å². The van der Waals surface area contributed by atoms with Crippen molar-refractivity contribution in [3.8, 4) is 11.3 Å². The molecule has 6 heteroatoms. The number of imide groups is 1. The van der Waals surface area contributed by atoms with Crippen LogP contribution in [-0.2, 0) is 10.3 Å². The van der Waals surface area contributed by atoms with Gasteiger partial charge in [0.15, 0.2) is 5.54 Å². The minimum Gasteiger partial charge on any atom is -0.318 e. The molecule has 24 heavy (non-hydrogen) atoms. The average Bonchev–Trinajstić information content (AvgIpc) is 2.87. The molecule has 2 aromatic carbocycles. The second-order valence-corrected chi connectivity index (χ2v) is 5.81. The van der Waals surface area contributed by atoms with Gasteiger partial charge in [0.05, 0.1) is 16.7 Å². The van der Waals surface area contributed by atoms with E-state index < -0.39 is 17.5 Å². The summed E-state index contributed by atoms with van der Waals surface area (Å²) >= 11 is 0. The molecule has 6 nitrogen and oxygen atoms in total. The lowest BCUT2D eigenvalue weighted by molar-refractivity contribution is -0.123. The molecule has 0 bridgehead atoms. The number of hydrogen-bond donors (Lipinski definition) is 2. The summed E-state index contributed by atoms with van der Waals surface area (Å²) in [6.07, 6.45) is 0. The van der Waals surface area contributed by atoms with Crippen LogP contribution in [0.25, 0.3) is 22.3 Å². The van der Waals surface area contributed by atoms with E-state index in [1.54, 1.807) is 6.92 Å². The highest BCUT2D eigenvalue weighted by molar-refractivity contribution is 6.07. The molecule has 3 aromatic rings. The SMILES string of the molecule is CC1(c2nc3ccccc3nc2-c2ccccc2)NC(=O)NC1=O. The van der Waals surface area contributed by atoms with Crippen molar-refractivity contribution in [3.63, 3.8) is 0 Å². The quantitative estimate of drug-likeness (QED) is 0.710. The van der Waals surface area contributed by atoms with Gasteiger partial charge in [-0.25, -0.2) is 14.8 Å². The average molecular weight is 318 g/mol. The molecule has 1 saturated heterocycles. The van der Waals surface area contributed by atoms with Gasteiger partial charge in [-0.05, 0) is 19.1 Å². The van der Waals surface area contributed by atoms with Gasteiger partial charge in [-0.15, -0.1) is 0 Å². The number of nitrogens with one attached hydrogen (secondary N) is 2. The van der Waals surface area contributed by atoms with Crippen LogP contribution in [0.3, 0.4) is 0 Å². The fraction of sp³-hybridized carbons (Fsp3) is 0.111. The summed E-state index contributed by atoms with van der Waals surface area (Å²) in [4.78, 5) is 33.4. The molecular weight excluding hydrogens is 304 g/mol. The van der Waals surface area contributed by atoms with Crippen LogP contribution in [0.1, 0.15) is 12.6 Å². The minimum atomic E-state index is -1.26. The maximum absolute atomic E-state index is 12.4. The normalized spacial score (nSPS) is 20.0. The molecule has 2 N–H and O–H groups in total. The van der Waals surface area contributed by atoms with Crippen molar-refractivity contribution in [2.75, 3.05) is 0 Å². The Morgan fingerprint density at radius 3 is 2.12 bits per heavy atom. The van der Waals surface area contributed by atoms with Gasteiger partial charge < -0.3 is 5.32 Å². The minimum absolute atomic E-state index is 0.427. The van der Waals surface area contributed by atoms with Gasteiger partial charge in [-0.3, -0.25) is 10.1 Å². The molecule has 2 heterocycles. The van der Waals surface area contributed by atoms with Gasteiger partial charge in [0, 0.05) is 5.56 Å². The molecule has 0 radical (unpaired) electrons. The fourth-order valence-electron chi connectivity index (χ4n) is 2.86. The lowest BCUT2D eigenvalue weighted by atomic mass is 9.93. The molecule has 1 unspecified atom stereocenters. The summed E-state index contributed by atoms with van der Waals surface area (Å²) in [6.45, 7) is 1.64. The summed E-state index contributed by atoms with van der Waals surface area (Å²) in [6, 6.07) is 16.4. The molecule has 4 rings (SSSR count).